The lowest BCUT2D eigenvalue weighted by Gasteiger charge is -2.08. The molecule has 5 heteroatoms. The third-order valence-electron chi connectivity index (χ3n) is 3.23. The molecule has 2 aromatic rings. The van der Waals surface area contributed by atoms with E-state index in [1.165, 1.54) is 0 Å². The number of rotatable bonds is 4. The Morgan fingerprint density at radius 3 is 2.95 bits per heavy atom. The van der Waals surface area contributed by atoms with Gasteiger partial charge in [0.1, 0.15) is 5.82 Å². The Morgan fingerprint density at radius 1 is 1.25 bits per heavy atom. The number of ether oxygens (including phenoxy) is 2. The molecule has 0 saturated heterocycles. The summed E-state index contributed by atoms with van der Waals surface area (Å²) in [6.45, 7) is 5.17. The summed E-state index contributed by atoms with van der Waals surface area (Å²) in [7, 11) is 0. The zero-order valence-electron chi connectivity index (χ0n) is 11.6. The van der Waals surface area contributed by atoms with Crippen LogP contribution in [0.2, 0.25) is 0 Å². The van der Waals surface area contributed by atoms with Gasteiger partial charge in [-0.2, -0.15) is 0 Å². The Kier molecular flexibility index (Phi) is 3.87. The first-order valence-electron chi connectivity index (χ1n) is 7.01. The van der Waals surface area contributed by atoms with Crippen LogP contribution in [0.5, 0.6) is 11.5 Å². The van der Waals surface area contributed by atoms with E-state index in [4.69, 9.17) is 9.47 Å². The van der Waals surface area contributed by atoms with E-state index in [0.717, 1.165) is 48.1 Å². The fourth-order valence-electron chi connectivity index (χ4n) is 2.17. The van der Waals surface area contributed by atoms with Gasteiger partial charge < -0.3 is 19.8 Å². The molecule has 1 aliphatic rings. The van der Waals surface area contributed by atoms with E-state index in [9.17, 15) is 0 Å². The molecule has 0 bridgehead atoms. The first-order valence-corrected chi connectivity index (χ1v) is 7.01. The van der Waals surface area contributed by atoms with Gasteiger partial charge in [0.2, 0.25) is 0 Å². The van der Waals surface area contributed by atoms with Crippen molar-refractivity contribution in [1.82, 2.24) is 15.3 Å². The van der Waals surface area contributed by atoms with Crippen molar-refractivity contribution in [2.24, 2.45) is 0 Å². The van der Waals surface area contributed by atoms with Gasteiger partial charge in [-0.3, -0.25) is 0 Å². The second-order valence-electron chi connectivity index (χ2n) is 4.74. The summed E-state index contributed by atoms with van der Waals surface area (Å²) in [6, 6.07) is 5.99. The Bertz CT molecular complexity index is 580. The van der Waals surface area contributed by atoms with Crippen molar-refractivity contribution in [1.29, 1.82) is 0 Å². The van der Waals surface area contributed by atoms with Crippen molar-refractivity contribution in [2.45, 2.75) is 19.9 Å². The van der Waals surface area contributed by atoms with E-state index >= 15 is 0 Å². The van der Waals surface area contributed by atoms with Gasteiger partial charge in [-0.1, -0.05) is 6.92 Å². The number of nitrogens with one attached hydrogen (secondary N) is 2. The molecular formula is C15H19N3O2. The summed E-state index contributed by atoms with van der Waals surface area (Å²) >= 11 is 0. The smallest absolute Gasteiger partial charge is 0.161 e. The van der Waals surface area contributed by atoms with Gasteiger partial charge in [0.25, 0.3) is 0 Å². The Hall–Kier alpha value is -2.01. The Morgan fingerprint density at radius 2 is 2.10 bits per heavy atom. The minimum Gasteiger partial charge on any atom is -0.490 e. The van der Waals surface area contributed by atoms with E-state index in [1.807, 2.05) is 24.4 Å². The summed E-state index contributed by atoms with van der Waals surface area (Å²) in [5, 5.41) is 3.25. The molecule has 1 aromatic carbocycles. The van der Waals surface area contributed by atoms with Crippen LogP contribution >= 0.6 is 0 Å². The van der Waals surface area contributed by atoms with Gasteiger partial charge in [-0.15, -0.1) is 0 Å². The van der Waals surface area contributed by atoms with Crippen LogP contribution in [0.15, 0.2) is 24.4 Å². The Balaban J connectivity index is 1.83. The van der Waals surface area contributed by atoms with Gasteiger partial charge >= 0.3 is 0 Å². The Labute approximate surface area is 118 Å². The van der Waals surface area contributed by atoms with Gasteiger partial charge in [0.05, 0.1) is 31.6 Å². The lowest BCUT2D eigenvalue weighted by atomic mass is 10.1. The second-order valence-corrected chi connectivity index (χ2v) is 4.74. The van der Waals surface area contributed by atoms with E-state index in [-0.39, 0.29) is 0 Å². The molecule has 1 aromatic heterocycles. The van der Waals surface area contributed by atoms with Crippen molar-refractivity contribution >= 4 is 0 Å². The van der Waals surface area contributed by atoms with Crippen LogP contribution < -0.4 is 14.8 Å². The molecule has 3 rings (SSSR count). The highest BCUT2D eigenvalue weighted by Gasteiger charge is 2.12. The fraction of sp³-hybridized carbons (Fsp3) is 0.400. The average Bonchev–Trinajstić information content (AvgIpc) is 2.82. The van der Waals surface area contributed by atoms with E-state index in [0.29, 0.717) is 13.2 Å². The van der Waals surface area contributed by atoms with Crippen molar-refractivity contribution in [3.63, 3.8) is 0 Å². The highest BCUT2D eigenvalue weighted by atomic mass is 16.5. The number of hydrogen-bond acceptors (Lipinski definition) is 4. The normalized spacial score (nSPS) is 14.1. The summed E-state index contributed by atoms with van der Waals surface area (Å²) < 4.78 is 11.3. The molecule has 106 valence electrons. The number of benzene rings is 1. The summed E-state index contributed by atoms with van der Waals surface area (Å²) in [5.74, 6) is 2.57. The molecule has 20 heavy (non-hydrogen) atoms. The fourth-order valence-corrected chi connectivity index (χ4v) is 2.17. The maximum atomic E-state index is 5.71. The maximum absolute atomic E-state index is 5.71. The number of imidazole rings is 1. The van der Waals surface area contributed by atoms with Crippen LogP contribution in [0, 0.1) is 0 Å². The first-order chi connectivity index (χ1) is 9.86. The predicted molar refractivity (Wildman–Crippen MR) is 77.0 cm³/mol. The standard InChI is InChI=1S/C15H19N3O2/c1-2-16-10-15-17-9-12(18-15)11-4-5-13-14(8-11)20-7-3-6-19-13/h4-5,8-9,16H,2-3,6-7,10H2,1H3,(H,17,18). The molecule has 1 aliphatic heterocycles. The second kappa shape index (κ2) is 5.96. The molecule has 0 fully saturated rings. The third kappa shape index (κ3) is 2.77. The maximum Gasteiger partial charge on any atom is 0.161 e. The number of aromatic amines is 1. The molecule has 0 unspecified atom stereocenters. The van der Waals surface area contributed by atoms with Crippen LogP contribution in [0.25, 0.3) is 11.3 Å². The zero-order chi connectivity index (χ0) is 13.8. The molecule has 2 heterocycles. The molecule has 0 aliphatic carbocycles. The minimum atomic E-state index is 0.700. The number of H-pyrrole nitrogens is 1. The summed E-state index contributed by atoms with van der Waals surface area (Å²) in [5.41, 5.74) is 2.05. The number of fused-ring (bicyclic) bond motifs is 1. The van der Waals surface area contributed by atoms with Gasteiger partial charge in [-0.25, -0.2) is 4.98 Å². The molecule has 2 N–H and O–H groups in total. The SMILES string of the molecule is CCNCc1ncc(-c2ccc3c(c2)OCCCO3)[nH]1. The molecular weight excluding hydrogens is 254 g/mol. The molecule has 5 nitrogen and oxygen atoms in total. The molecule has 0 amide bonds. The highest BCUT2D eigenvalue weighted by molar-refractivity contribution is 5.63. The van der Waals surface area contributed by atoms with E-state index in [1.54, 1.807) is 0 Å². The lowest BCUT2D eigenvalue weighted by molar-refractivity contribution is 0.297. The summed E-state index contributed by atoms with van der Waals surface area (Å²) in [4.78, 5) is 7.69. The van der Waals surface area contributed by atoms with Crippen LogP contribution in [-0.2, 0) is 6.54 Å². The molecule has 0 saturated carbocycles. The van der Waals surface area contributed by atoms with Crippen LogP contribution in [0.4, 0.5) is 0 Å². The molecule has 0 radical (unpaired) electrons. The van der Waals surface area contributed by atoms with Crippen molar-refractivity contribution in [3.8, 4) is 22.8 Å². The summed E-state index contributed by atoms with van der Waals surface area (Å²) in [6.07, 6.45) is 2.77. The molecule has 0 atom stereocenters. The zero-order valence-corrected chi connectivity index (χ0v) is 11.6. The van der Waals surface area contributed by atoms with Crippen molar-refractivity contribution in [2.75, 3.05) is 19.8 Å². The topological polar surface area (TPSA) is 59.2 Å². The predicted octanol–water partition coefficient (Wildman–Crippen LogP) is 2.35. The van der Waals surface area contributed by atoms with Gasteiger partial charge in [0.15, 0.2) is 11.5 Å². The quantitative estimate of drug-likeness (QED) is 0.897. The lowest BCUT2D eigenvalue weighted by Crippen LogP contribution is -2.12. The number of hydrogen-bond donors (Lipinski definition) is 2. The average molecular weight is 273 g/mol. The monoisotopic (exact) mass is 273 g/mol. The minimum absolute atomic E-state index is 0.700. The van der Waals surface area contributed by atoms with E-state index in [2.05, 4.69) is 22.2 Å². The highest BCUT2D eigenvalue weighted by Crippen LogP contribution is 2.33. The number of nitrogens with zero attached hydrogens (tertiary/aromatic N) is 1. The van der Waals surface area contributed by atoms with Gasteiger partial charge in [-0.05, 0) is 24.7 Å². The largest absolute Gasteiger partial charge is 0.490 e. The van der Waals surface area contributed by atoms with Gasteiger partial charge in [0, 0.05) is 12.0 Å². The van der Waals surface area contributed by atoms with Crippen LogP contribution in [0.3, 0.4) is 0 Å². The van der Waals surface area contributed by atoms with Crippen molar-refractivity contribution in [3.05, 3.63) is 30.2 Å². The number of aromatic nitrogens is 2. The first kappa shape index (κ1) is 13.0. The van der Waals surface area contributed by atoms with Crippen LogP contribution in [-0.4, -0.2) is 29.7 Å². The van der Waals surface area contributed by atoms with Crippen molar-refractivity contribution < 1.29 is 9.47 Å². The molecule has 0 spiro atoms. The van der Waals surface area contributed by atoms with Crippen LogP contribution in [0.1, 0.15) is 19.2 Å². The van der Waals surface area contributed by atoms with E-state index < -0.39 is 0 Å². The third-order valence-corrected chi connectivity index (χ3v) is 3.23.